The van der Waals surface area contributed by atoms with E-state index in [9.17, 15) is 14.4 Å². The molecule has 1 rings (SSSR count). The molecule has 24 heavy (non-hydrogen) atoms. The molecule has 0 aromatic heterocycles. The lowest BCUT2D eigenvalue weighted by atomic mass is 10.2. The summed E-state index contributed by atoms with van der Waals surface area (Å²) in [5, 5.41) is 13.4. The second-order valence-corrected chi connectivity index (χ2v) is 5.21. The number of ether oxygens (including phenoxy) is 2. The van der Waals surface area contributed by atoms with Crippen molar-refractivity contribution in [1.82, 2.24) is 10.6 Å². The van der Waals surface area contributed by atoms with E-state index in [1.807, 2.05) is 25.2 Å². The van der Waals surface area contributed by atoms with Gasteiger partial charge in [0.1, 0.15) is 11.8 Å². The molecule has 0 saturated heterocycles. The minimum Gasteiger partial charge on any atom is -0.481 e. The minimum atomic E-state index is -0.791. The number of benzene rings is 1. The van der Waals surface area contributed by atoms with E-state index in [-0.39, 0.29) is 17.2 Å². The van der Waals surface area contributed by atoms with E-state index >= 15 is 0 Å². The van der Waals surface area contributed by atoms with E-state index in [0.29, 0.717) is 6.54 Å². The third-order valence-electron chi connectivity index (χ3n) is 2.64. The highest BCUT2D eigenvalue weighted by molar-refractivity contribution is 5.95. The van der Waals surface area contributed by atoms with Crippen molar-refractivity contribution in [2.24, 2.45) is 5.92 Å². The zero-order valence-corrected chi connectivity index (χ0v) is 13.5. The molecule has 0 aliphatic rings. The van der Waals surface area contributed by atoms with Crippen LogP contribution in [0.5, 0.6) is 5.75 Å². The number of rotatable bonds is 7. The Bertz CT molecular complexity index is 637. The van der Waals surface area contributed by atoms with Gasteiger partial charge >= 0.3 is 12.0 Å². The molecule has 1 aromatic carbocycles. The Kier molecular flexibility index (Phi) is 7.78. The molecule has 1 aromatic rings. The van der Waals surface area contributed by atoms with Crippen LogP contribution in [0.3, 0.4) is 0 Å². The summed E-state index contributed by atoms with van der Waals surface area (Å²) in [5.41, 5.74) is 0.282. The van der Waals surface area contributed by atoms with Gasteiger partial charge in [0, 0.05) is 6.54 Å². The lowest BCUT2D eigenvalue weighted by molar-refractivity contribution is -0.150. The molecule has 3 amide bonds. The van der Waals surface area contributed by atoms with Crippen molar-refractivity contribution in [3.8, 4) is 11.8 Å². The average molecular weight is 333 g/mol. The van der Waals surface area contributed by atoms with Gasteiger partial charge in [0.15, 0.2) is 13.2 Å². The highest BCUT2D eigenvalue weighted by atomic mass is 16.6. The monoisotopic (exact) mass is 333 g/mol. The van der Waals surface area contributed by atoms with E-state index in [0.717, 1.165) is 0 Å². The number of imide groups is 1. The highest BCUT2D eigenvalue weighted by Gasteiger charge is 2.12. The van der Waals surface area contributed by atoms with Gasteiger partial charge < -0.3 is 14.8 Å². The summed E-state index contributed by atoms with van der Waals surface area (Å²) >= 11 is 0. The topological polar surface area (TPSA) is 118 Å². The van der Waals surface area contributed by atoms with E-state index in [2.05, 4.69) is 10.1 Å². The van der Waals surface area contributed by atoms with E-state index < -0.39 is 31.1 Å². The normalized spacial score (nSPS) is 9.75. The molecule has 8 nitrogen and oxygen atoms in total. The zero-order chi connectivity index (χ0) is 17.9. The van der Waals surface area contributed by atoms with Crippen LogP contribution in [-0.2, 0) is 14.3 Å². The Labute approximate surface area is 139 Å². The van der Waals surface area contributed by atoms with Gasteiger partial charge in [-0.2, -0.15) is 5.26 Å². The fourth-order valence-electron chi connectivity index (χ4n) is 1.51. The number of nitrogens with zero attached hydrogens (tertiary/aromatic N) is 1. The number of hydrogen-bond acceptors (Lipinski definition) is 6. The minimum absolute atomic E-state index is 0.245. The Balaban J connectivity index is 2.29. The molecule has 0 radical (unpaired) electrons. The molecule has 0 unspecified atom stereocenters. The molecular weight excluding hydrogens is 314 g/mol. The Hall–Kier alpha value is -3.08. The summed E-state index contributed by atoms with van der Waals surface area (Å²) in [6.07, 6.45) is 0. The molecule has 0 saturated carbocycles. The smallest absolute Gasteiger partial charge is 0.344 e. The standard InChI is InChI=1S/C16H19N3O5/c1-11(2)8-18-16(22)19-14(20)9-24-15(21)10-23-13-6-4-3-5-12(13)7-17/h3-6,11H,8-10H2,1-2H3,(H2,18,19,20,22). The summed E-state index contributed by atoms with van der Waals surface area (Å²) in [6.45, 7) is 3.19. The van der Waals surface area contributed by atoms with Crippen LogP contribution in [0, 0.1) is 17.2 Å². The third kappa shape index (κ3) is 7.26. The van der Waals surface area contributed by atoms with Crippen molar-refractivity contribution < 1.29 is 23.9 Å². The maximum atomic E-state index is 11.5. The van der Waals surface area contributed by atoms with Crippen LogP contribution in [0.1, 0.15) is 19.4 Å². The highest BCUT2D eigenvalue weighted by Crippen LogP contribution is 2.16. The second kappa shape index (κ2) is 9.84. The van der Waals surface area contributed by atoms with Crippen LogP contribution in [0.4, 0.5) is 4.79 Å². The zero-order valence-electron chi connectivity index (χ0n) is 13.5. The number of esters is 1. The summed E-state index contributed by atoms with van der Waals surface area (Å²) in [5.74, 6) is -1.05. The summed E-state index contributed by atoms with van der Waals surface area (Å²) in [7, 11) is 0. The number of carbonyl (C=O) groups excluding carboxylic acids is 3. The fourth-order valence-corrected chi connectivity index (χ4v) is 1.51. The lowest BCUT2D eigenvalue weighted by Gasteiger charge is -2.09. The van der Waals surface area contributed by atoms with Gasteiger partial charge in [-0.1, -0.05) is 26.0 Å². The quantitative estimate of drug-likeness (QED) is 0.718. The van der Waals surface area contributed by atoms with Gasteiger partial charge in [0.05, 0.1) is 5.56 Å². The number of hydrogen-bond donors (Lipinski definition) is 2. The number of nitriles is 1. The fraction of sp³-hybridized carbons (Fsp3) is 0.375. The molecule has 0 atom stereocenters. The van der Waals surface area contributed by atoms with Crippen LogP contribution in [0.15, 0.2) is 24.3 Å². The first-order chi connectivity index (χ1) is 11.4. The molecule has 128 valence electrons. The maximum Gasteiger partial charge on any atom is 0.344 e. The maximum absolute atomic E-state index is 11.5. The van der Waals surface area contributed by atoms with Crippen LogP contribution in [0.2, 0.25) is 0 Å². The molecular formula is C16H19N3O5. The molecule has 0 bridgehead atoms. The van der Waals surface area contributed by atoms with Gasteiger partial charge in [-0.15, -0.1) is 0 Å². The van der Waals surface area contributed by atoms with Gasteiger partial charge in [-0.3, -0.25) is 10.1 Å². The van der Waals surface area contributed by atoms with Crippen molar-refractivity contribution >= 4 is 17.9 Å². The Morgan fingerprint density at radius 1 is 1.21 bits per heavy atom. The predicted molar refractivity (Wildman–Crippen MR) is 84.0 cm³/mol. The van der Waals surface area contributed by atoms with Crippen LogP contribution >= 0.6 is 0 Å². The molecule has 8 heteroatoms. The molecule has 2 N–H and O–H groups in total. The van der Waals surface area contributed by atoms with Crippen molar-refractivity contribution in [3.63, 3.8) is 0 Å². The molecule has 0 aliphatic carbocycles. The Morgan fingerprint density at radius 2 is 1.92 bits per heavy atom. The Morgan fingerprint density at radius 3 is 2.58 bits per heavy atom. The van der Waals surface area contributed by atoms with Gasteiger partial charge in [-0.25, -0.2) is 9.59 Å². The predicted octanol–water partition coefficient (Wildman–Crippen LogP) is 0.962. The van der Waals surface area contributed by atoms with E-state index in [1.165, 1.54) is 6.07 Å². The lowest BCUT2D eigenvalue weighted by Crippen LogP contribution is -2.42. The summed E-state index contributed by atoms with van der Waals surface area (Å²) < 4.78 is 9.85. The first-order valence-corrected chi connectivity index (χ1v) is 7.27. The average Bonchev–Trinajstić information content (AvgIpc) is 2.56. The van der Waals surface area contributed by atoms with Gasteiger partial charge in [0.2, 0.25) is 0 Å². The van der Waals surface area contributed by atoms with Crippen LogP contribution in [0.25, 0.3) is 0 Å². The molecule has 0 spiro atoms. The van der Waals surface area contributed by atoms with E-state index in [1.54, 1.807) is 18.2 Å². The van der Waals surface area contributed by atoms with Crippen molar-refractivity contribution in [2.75, 3.05) is 19.8 Å². The van der Waals surface area contributed by atoms with Crippen LogP contribution in [-0.4, -0.2) is 37.7 Å². The molecule has 0 fully saturated rings. The number of carbonyl (C=O) groups is 3. The first-order valence-electron chi connectivity index (χ1n) is 7.27. The van der Waals surface area contributed by atoms with Gasteiger partial charge in [-0.05, 0) is 18.1 Å². The van der Waals surface area contributed by atoms with Crippen LogP contribution < -0.4 is 15.4 Å². The second-order valence-electron chi connectivity index (χ2n) is 5.21. The summed E-state index contributed by atoms with van der Waals surface area (Å²) in [4.78, 5) is 34.3. The van der Waals surface area contributed by atoms with Crippen molar-refractivity contribution in [1.29, 1.82) is 5.26 Å². The largest absolute Gasteiger partial charge is 0.481 e. The van der Waals surface area contributed by atoms with Crippen molar-refractivity contribution in [3.05, 3.63) is 29.8 Å². The van der Waals surface area contributed by atoms with Gasteiger partial charge in [0.25, 0.3) is 5.91 Å². The third-order valence-corrected chi connectivity index (χ3v) is 2.64. The molecule has 0 aliphatic heterocycles. The number of para-hydroxylation sites is 1. The summed E-state index contributed by atoms with van der Waals surface area (Å²) in [6, 6.07) is 7.68. The number of nitrogens with one attached hydrogen (secondary N) is 2. The number of urea groups is 1. The SMILES string of the molecule is CC(C)CNC(=O)NC(=O)COC(=O)COc1ccccc1C#N. The van der Waals surface area contributed by atoms with E-state index in [4.69, 9.17) is 10.00 Å². The molecule has 0 heterocycles. The van der Waals surface area contributed by atoms with Crippen molar-refractivity contribution in [2.45, 2.75) is 13.8 Å². The number of amides is 3. The first kappa shape index (κ1) is 19.0.